The van der Waals surface area contributed by atoms with Crippen LogP contribution in [-0.2, 0) is 19.1 Å². The molecule has 0 bridgehead atoms. The Bertz CT molecular complexity index is 1610. The number of amides is 1. The molecular formula is C27H27N5O3S. The second-order valence-electron chi connectivity index (χ2n) is 9.53. The average Bonchev–Trinajstić information content (AvgIpc) is 3.57. The van der Waals surface area contributed by atoms with E-state index < -0.39 is 5.60 Å². The first kappa shape index (κ1) is 23.9. The summed E-state index contributed by atoms with van der Waals surface area (Å²) in [5, 5.41) is 23.6. The minimum absolute atomic E-state index is 0.222. The fourth-order valence-corrected chi connectivity index (χ4v) is 5.88. The van der Waals surface area contributed by atoms with Crippen LogP contribution in [0.3, 0.4) is 0 Å². The van der Waals surface area contributed by atoms with E-state index in [2.05, 4.69) is 21.3 Å². The molecule has 184 valence electrons. The lowest BCUT2D eigenvalue weighted by Crippen LogP contribution is -2.23. The summed E-state index contributed by atoms with van der Waals surface area (Å²) < 4.78 is 1.51. The number of nitriles is 1. The molecule has 1 aromatic carbocycles. The molecule has 0 fully saturated rings. The molecule has 5 rings (SSSR count). The molecule has 3 N–H and O–H groups in total. The summed E-state index contributed by atoms with van der Waals surface area (Å²) in [4.78, 5) is 32.4. The highest BCUT2D eigenvalue weighted by atomic mass is 32.1. The van der Waals surface area contributed by atoms with Gasteiger partial charge in [0, 0.05) is 47.8 Å². The summed E-state index contributed by atoms with van der Waals surface area (Å²) >= 11 is 1.47. The molecule has 0 saturated heterocycles. The van der Waals surface area contributed by atoms with Crippen LogP contribution in [0.15, 0.2) is 41.3 Å². The molecule has 0 atom stereocenters. The van der Waals surface area contributed by atoms with Crippen molar-refractivity contribution in [3.8, 4) is 16.5 Å². The number of fused-ring (bicyclic) bond motifs is 2. The van der Waals surface area contributed by atoms with Gasteiger partial charge in [-0.1, -0.05) is 0 Å². The summed E-state index contributed by atoms with van der Waals surface area (Å²) in [7, 11) is 1.69. The minimum atomic E-state index is -1.06. The number of benzene rings is 1. The van der Waals surface area contributed by atoms with Crippen LogP contribution in [0.25, 0.3) is 21.3 Å². The fourth-order valence-electron chi connectivity index (χ4n) is 4.69. The number of aromatic nitrogens is 2. The zero-order valence-corrected chi connectivity index (χ0v) is 21.4. The molecule has 0 saturated carbocycles. The van der Waals surface area contributed by atoms with Gasteiger partial charge in [-0.05, 0) is 63.1 Å². The highest BCUT2D eigenvalue weighted by molar-refractivity contribution is 7.16. The van der Waals surface area contributed by atoms with Crippen LogP contribution in [0.2, 0.25) is 0 Å². The predicted molar refractivity (Wildman–Crippen MR) is 142 cm³/mol. The summed E-state index contributed by atoms with van der Waals surface area (Å²) in [6.07, 6.45) is 2.59. The number of nitrogens with one attached hydrogen (secondary N) is 2. The summed E-state index contributed by atoms with van der Waals surface area (Å²) in [6, 6.07) is 11.6. The number of carbonyl (C=O) groups is 1. The number of pyridine rings is 1. The van der Waals surface area contributed by atoms with Crippen LogP contribution in [0, 0.1) is 11.3 Å². The highest BCUT2D eigenvalue weighted by Crippen LogP contribution is 2.48. The van der Waals surface area contributed by atoms with Gasteiger partial charge in [0.15, 0.2) is 0 Å². The quantitative estimate of drug-likeness (QED) is 0.380. The Hall–Kier alpha value is -3.87. The molecule has 0 unspecified atom stereocenters. The van der Waals surface area contributed by atoms with E-state index in [9.17, 15) is 20.0 Å². The highest BCUT2D eigenvalue weighted by Gasteiger charge is 2.30. The SMILES string of the molecule is CCNC(=O)c1cc2c(-c3sc(C(C)(C)O)cc3N3CCc4cc(C#N)ccc43)cn(C)c(=O)c2[nH]1. The maximum atomic E-state index is 13.0. The third-order valence-electron chi connectivity index (χ3n) is 6.50. The van der Waals surface area contributed by atoms with Crippen molar-refractivity contribution in [2.24, 2.45) is 7.05 Å². The largest absolute Gasteiger partial charge is 0.385 e. The summed E-state index contributed by atoms with van der Waals surface area (Å²) in [6.45, 7) is 6.55. The molecule has 0 aliphatic carbocycles. The van der Waals surface area contributed by atoms with Crippen molar-refractivity contribution in [1.29, 1.82) is 5.26 Å². The van der Waals surface area contributed by atoms with Crippen LogP contribution in [0.5, 0.6) is 0 Å². The Morgan fingerprint density at radius 3 is 2.75 bits per heavy atom. The van der Waals surface area contributed by atoms with Gasteiger partial charge in [0.25, 0.3) is 11.5 Å². The van der Waals surface area contributed by atoms with Gasteiger partial charge in [0.2, 0.25) is 0 Å². The summed E-state index contributed by atoms with van der Waals surface area (Å²) in [5.41, 5.74) is 3.88. The van der Waals surface area contributed by atoms with Gasteiger partial charge < -0.3 is 24.9 Å². The number of carbonyl (C=O) groups excluding carboxylic acids is 1. The topological polar surface area (TPSA) is 114 Å². The third-order valence-corrected chi connectivity index (χ3v) is 7.97. The molecule has 1 aliphatic rings. The minimum Gasteiger partial charge on any atom is -0.385 e. The van der Waals surface area contributed by atoms with Gasteiger partial charge >= 0.3 is 0 Å². The molecule has 0 radical (unpaired) electrons. The van der Waals surface area contributed by atoms with E-state index in [0.29, 0.717) is 28.7 Å². The van der Waals surface area contributed by atoms with Crippen molar-refractivity contribution in [2.75, 3.05) is 18.0 Å². The van der Waals surface area contributed by atoms with Gasteiger partial charge in [-0.2, -0.15) is 5.26 Å². The van der Waals surface area contributed by atoms with Crippen LogP contribution in [0.1, 0.15) is 47.3 Å². The second-order valence-corrected chi connectivity index (χ2v) is 10.6. The molecule has 8 nitrogen and oxygen atoms in total. The number of aryl methyl sites for hydroxylation is 1. The molecule has 4 aromatic rings. The smallest absolute Gasteiger partial charge is 0.274 e. The predicted octanol–water partition coefficient (Wildman–Crippen LogP) is 4.14. The Morgan fingerprint density at radius 1 is 1.28 bits per heavy atom. The molecule has 1 amide bonds. The van der Waals surface area contributed by atoms with Crippen LogP contribution in [0.4, 0.5) is 11.4 Å². The first-order valence-electron chi connectivity index (χ1n) is 11.8. The zero-order valence-electron chi connectivity index (χ0n) is 20.6. The van der Waals surface area contributed by atoms with E-state index in [1.54, 1.807) is 33.2 Å². The number of aromatic amines is 1. The number of hydrogen-bond acceptors (Lipinski definition) is 6. The maximum absolute atomic E-state index is 13.0. The van der Waals surface area contributed by atoms with E-state index in [4.69, 9.17) is 0 Å². The number of H-pyrrole nitrogens is 1. The van der Waals surface area contributed by atoms with Gasteiger partial charge in [0.1, 0.15) is 11.2 Å². The lowest BCUT2D eigenvalue weighted by atomic mass is 10.1. The number of nitrogens with zero attached hydrogens (tertiary/aromatic N) is 3. The first-order chi connectivity index (χ1) is 17.1. The lowest BCUT2D eigenvalue weighted by molar-refractivity contribution is 0.0825. The Balaban J connectivity index is 1.75. The van der Waals surface area contributed by atoms with Crippen LogP contribution in [-0.4, -0.2) is 33.7 Å². The Labute approximate surface area is 212 Å². The number of hydrogen-bond donors (Lipinski definition) is 3. The Morgan fingerprint density at radius 2 is 2.06 bits per heavy atom. The second kappa shape index (κ2) is 8.66. The monoisotopic (exact) mass is 501 g/mol. The Kier molecular flexibility index (Phi) is 5.74. The van der Waals surface area contributed by atoms with Gasteiger partial charge in [-0.3, -0.25) is 9.59 Å². The van der Waals surface area contributed by atoms with Crippen molar-refractivity contribution in [2.45, 2.75) is 32.8 Å². The van der Waals surface area contributed by atoms with Gasteiger partial charge in [0.05, 0.1) is 27.8 Å². The zero-order chi connectivity index (χ0) is 25.8. The molecule has 9 heteroatoms. The van der Waals surface area contributed by atoms with E-state index in [1.807, 2.05) is 31.2 Å². The number of anilines is 2. The van der Waals surface area contributed by atoms with E-state index in [-0.39, 0.29) is 11.5 Å². The van der Waals surface area contributed by atoms with E-state index in [1.165, 1.54) is 15.9 Å². The van der Waals surface area contributed by atoms with Crippen molar-refractivity contribution in [1.82, 2.24) is 14.9 Å². The first-order valence-corrected chi connectivity index (χ1v) is 12.6. The fraction of sp³-hybridized carbons (Fsp3) is 0.296. The molecular weight excluding hydrogens is 474 g/mol. The summed E-state index contributed by atoms with van der Waals surface area (Å²) in [5.74, 6) is -0.271. The molecule has 0 spiro atoms. The van der Waals surface area contributed by atoms with Crippen molar-refractivity contribution < 1.29 is 9.90 Å². The maximum Gasteiger partial charge on any atom is 0.274 e. The third kappa shape index (κ3) is 3.88. The van der Waals surface area contributed by atoms with Crippen molar-refractivity contribution >= 4 is 39.5 Å². The van der Waals surface area contributed by atoms with Crippen molar-refractivity contribution in [3.05, 3.63) is 68.6 Å². The van der Waals surface area contributed by atoms with E-state index in [0.717, 1.165) is 45.2 Å². The van der Waals surface area contributed by atoms with Crippen molar-refractivity contribution in [3.63, 3.8) is 0 Å². The lowest BCUT2D eigenvalue weighted by Gasteiger charge is -2.21. The number of thiophene rings is 1. The average molecular weight is 502 g/mol. The number of rotatable bonds is 5. The van der Waals surface area contributed by atoms with Gasteiger partial charge in [-0.15, -0.1) is 11.3 Å². The standard InChI is InChI=1S/C27H27N5O3S/c1-5-29-25(33)19-11-17-18(14-31(4)26(34)23(17)30-19)24-21(12-22(36-24)27(2,3)35)32-9-8-16-10-15(13-28)6-7-20(16)32/h6-7,10-12,14,30,35H,5,8-9H2,1-4H3,(H,29,33). The van der Waals surface area contributed by atoms with Crippen LogP contribution < -0.4 is 15.8 Å². The number of aliphatic hydroxyl groups is 1. The molecule has 36 heavy (non-hydrogen) atoms. The normalized spacial score (nSPS) is 13.2. The molecule has 4 heterocycles. The van der Waals surface area contributed by atoms with Crippen LogP contribution >= 0.6 is 11.3 Å². The van der Waals surface area contributed by atoms with E-state index >= 15 is 0 Å². The molecule has 3 aromatic heterocycles. The molecule has 1 aliphatic heterocycles. The van der Waals surface area contributed by atoms with Gasteiger partial charge in [-0.25, -0.2) is 0 Å².